The molecule has 1 N–H and O–H groups in total. The molecule has 3 aliphatic rings. The van der Waals surface area contributed by atoms with Crippen LogP contribution in [0.4, 0.5) is 0 Å². The predicted molar refractivity (Wildman–Crippen MR) is 134 cm³/mol. The highest BCUT2D eigenvalue weighted by Crippen LogP contribution is 2.48. The molecule has 1 aromatic heterocycles. The second-order valence-electron chi connectivity index (χ2n) is 11.2. The minimum absolute atomic E-state index is 0.0551. The summed E-state index contributed by atoms with van der Waals surface area (Å²) < 4.78 is 11.8. The molecule has 35 heavy (non-hydrogen) atoms. The number of allylic oxidation sites excluding steroid dienone is 2. The van der Waals surface area contributed by atoms with Gasteiger partial charge in [0, 0.05) is 34.9 Å². The summed E-state index contributed by atoms with van der Waals surface area (Å²) in [5.74, 6) is -2.17. The number of fused-ring (bicyclic) bond motifs is 1. The lowest BCUT2D eigenvalue weighted by Crippen LogP contribution is -2.45. The summed E-state index contributed by atoms with van der Waals surface area (Å²) in [6.45, 7) is 10.2. The summed E-state index contributed by atoms with van der Waals surface area (Å²) >= 11 is 0. The maximum Gasteiger partial charge on any atom is 0.316 e. The number of ether oxygens (including phenoxy) is 1. The fourth-order valence-corrected chi connectivity index (χ4v) is 5.96. The minimum atomic E-state index is -0.883. The summed E-state index contributed by atoms with van der Waals surface area (Å²) in [5.41, 5.74) is 2.95. The van der Waals surface area contributed by atoms with Crippen LogP contribution in [-0.2, 0) is 14.3 Å². The van der Waals surface area contributed by atoms with Crippen molar-refractivity contribution in [3.63, 3.8) is 0 Å². The normalized spacial score (nSPS) is 24.8. The van der Waals surface area contributed by atoms with E-state index in [2.05, 4.69) is 11.9 Å². The molecule has 0 saturated heterocycles. The number of nitrogens with one attached hydrogen (secondary N) is 1. The number of esters is 1. The van der Waals surface area contributed by atoms with Crippen molar-refractivity contribution in [3.05, 3.63) is 69.4 Å². The second-order valence-corrected chi connectivity index (χ2v) is 11.2. The van der Waals surface area contributed by atoms with Crippen molar-refractivity contribution in [1.29, 1.82) is 0 Å². The number of hydrogen-bond donors (Lipinski definition) is 1. The van der Waals surface area contributed by atoms with Gasteiger partial charge in [-0.1, -0.05) is 38.5 Å². The van der Waals surface area contributed by atoms with Gasteiger partial charge in [-0.25, -0.2) is 0 Å². The first-order chi connectivity index (χ1) is 16.6. The third-order valence-electron chi connectivity index (χ3n) is 7.63. The Morgan fingerprint density at radius 2 is 1.89 bits per heavy atom. The number of benzene rings is 1. The fourth-order valence-electron chi connectivity index (χ4n) is 5.96. The second kappa shape index (κ2) is 8.81. The molecule has 1 aromatic carbocycles. The molecule has 2 aliphatic carbocycles. The highest BCUT2D eigenvalue weighted by atomic mass is 16.5. The predicted octanol–water partition coefficient (Wildman–Crippen LogP) is 5.44. The van der Waals surface area contributed by atoms with Crippen molar-refractivity contribution in [2.75, 3.05) is 0 Å². The van der Waals surface area contributed by atoms with E-state index in [1.54, 1.807) is 12.1 Å². The molecule has 2 unspecified atom stereocenters. The van der Waals surface area contributed by atoms with Crippen molar-refractivity contribution < 1.29 is 18.7 Å². The Labute approximate surface area is 205 Å². The molecule has 1 fully saturated rings. The molecular formula is C29H33NO5. The quantitative estimate of drug-likeness (QED) is 0.595. The summed E-state index contributed by atoms with van der Waals surface area (Å²) in [4.78, 5) is 40.9. The first kappa shape index (κ1) is 23.6. The number of aryl methyl sites for hydroxylation is 1. The van der Waals surface area contributed by atoms with Gasteiger partial charge in [0.2, 0.25) is 0 Å². The number of carbonyl (C=O) groups is 2. The largest absolute Gasteiger partial charge is 0.464 e. The molecule has 1 aliphatic heterocycles. The number of carbonyl (C=O) groups excluding carboxylic acids is 2. The van der Waals surface area contributed by atoms with Crippen LogP contribution in [0.15, 0.2) is 57.2 Å². The molecule has 6 nitrogen and oxygen atoms in total. The third kappa shape index (κ3) is 4.35. The van der Waals surface area contributed by atoms with Gasteiger partial charge in [0.05, 0.1) is 11.6 Å². The molecule has 6 heteroatoms. The van der Waals surface area contributed by atoms with Gasteiger partial charge in [0.25, 0.3) is 0 Å². The van der Waals surface area contributed by atoms with E-state index in [1.807, 2.05) is 26.8 Å². The van der Waals surface area contributed by atoms with Gasteiger partial charge in [-0.2, -0.15) is 0 Å². The Kier molecular flexibility index (Phi) is 5.94. The Balaban J connectivity index is 1.65. The third-order valence-corrected chi connectivity index (χ3v) is 7.63. The molecule has 5 rings (SSSR count). The number of hydrogen-bond acceptors (Lipinski definition) is 6. The van der Waals surface area contributed by atoms with Crippen LogP contribution < -0.4 is 10.7 Å². The van der Waals surface area contributed by atoms with E-state index in [-0.39, 0.29) is 22.7 Å². The number of ketones is 1. The lowest BCUT2D eigenvalue weighted by molar-refractivity contribution is -0.155. The van der Waals surface area contributed by atoms with E-state index < -0.39 is 17.8 Å². The zero-order valence-electron chi connectivity index (χ0n) is 20.7. The molecule has 0 amide bonds. The van der Waals surface area contributed by atoms with Crippen LogP contribution in [0.2, 0.25) is 0 Å². The SMILES string of the molecule is C=C1NC2=C(C(=O)CC(C)(C)C2)C(c2coc3ccc(C)cc3c2=O)C1C(=O)OC1CCCCC1. The maximum atomic E-state index is 13.8. The molecule has 0 radical (unpaired) electrons. The van der Waals surface area contributed by atoms with Gasteiger partial charge in [0.1, 0.15) is 17.6 Å². The van der Waals surface area contributed by atoms with Gasteiger partial charge in [0.15, 0.2) is 11.2 Å². The fraction of sp³-hybridized carbons (Fsp3) is 0.483. The number of Topliss-reactive ketones (excluding diaryl/α,β-unsaturated/α-hetero) is 1. The summed E-state index contributed by atoms with van der Waals surface area (Å²) in [7, 11) is 0. The first-order valence-electron chi connectivity index (χ1n) is 12.6. The van der Waals surface area contributed by atoms with Crippen molar-refractivity contribution in [2.45, 2.75) is 77.7 Å². The van der Waals surface area contributed by atoms with Crippen molar-refractivity contribution >= 4 is 22.7 Å². The van der Waals surface area contributed by atoms with E-state index in [1.165, 1.54) is 6.26 Å². The van der Waals surface area contributed by atoms with Crippen LogP contribution in [0.1, 0.15) is 75.8 Å². The summed E-state index contributed by atoms with van der Waals surface area (Å²) in [6.07, 6.45) is 7.13. The average Bonchev–Trinajstić information content (AvgIpc) is 2.78. The summed E-state index contributed by atoms with van der Waals surface area (Å²) in [6, 6.07) is 5.44. The lowest BCUT2D eigenvalue weighted by atomic mass is 9.66. The van der Waals surface area contributed by atoms with Gasteiger partial charge < -0.3 is 14.5 Å². The van der Waals surface area contributed by atoms with E-state index in [0.29, 0.717) is 40.6 Å². The van der Waals surface area contributed by atoms with Crippen LogP contribution in [0.5, 0.6) is 0 Å². The average molecular weight is 476 g/mol. The maximum absolute atomic E-state index is 13.8. The highest BCUT2D eigenvalue weighted by Gasteiger charge is 2.48. The van der Waals surface area contributed by atoms with Crippen molar-refractivity contribution in [3.8, 4) is 0 Å². The molecule has 2 aromatic rings. The number of rotatable bonds is 3. The zero-order chi connectivity index (χ0) is 24.9. The Bertz CT molecular complexity index is 1310. The van der Waals surface area contributed by atoms with Crippen molar-refractivity contribution in [2.24, 2.45) is 11.3 Å². The minimum Gasteiger partial charge on any atom is -0.464 e. The molecule has 2 heterocycles. The van der Waals surface area contributed by atoms with Gasteiger partial charge >= 0.3 is 5.97 Å². The standard InChI is InChI=1S/C29H33NO5/c1-16-10-11-23-19(12-16)27(32)20(15-34-23)25-24(28(33)35-18-8-6-5-7-9-18)17(2)30-21-13-29(3,4)14-22(31)26(21)25/h10-12,15,18,24-25,30H,2,5-9,13-14H2,1,3-4H3. The van der Waals surface area contributed by atoms with E-state index in [0.717, 1.165) is 43.4 Å². The monoisotopic (exact) mass is 475 g/mol. The molecule has 2 atom stereocenters. The zero-order valence-corrected chi connectivity index (χ0v) is 20.7. The van der Waals surface area contributed by atoms with E-state index >= 15 is 0 Å². The highest BCUT2D eigenvalue weighted by molar-refractivity contribution is 6.01. The molecule has 1 saturated carbocycles. The Morgan fingerprint density at radius 1 is 1.14 bits per heavy atom. The molecular weight excluding hydrogens is 442 g/mol. The topological polar surface area (TPSA) is 85.6 Å². The first-order valence-corrected chi connectivity index (χ1v) is 12.6. The van der Waals surface area contributed by atoms with Crippen LogP contribution in [0.25, 0.3) is 11.0 Å². The Morgan fingerprint density at radius 3 is 2.63 bits per heavy atom. The molecule has 0 bridgehead atoms. The van der Waals surface area contributed by atoms with Gasteiger partial charge in [-0.05, 0) is 56.6 Å². The summed E-state index contributed by atoms with van der Waals surface area (Å²) in [5, 5.41) is 3.71. The van der Waals surface area contributed by atoms with E-state index in [4.69, 9.17) is 9.15 Å². The lowest BCUT2D eigenvalue weighted by Gasteiger charge is -2.42. The van der Waals surface area contributed by atoms with Crippen molar-refractivity contribution in [1.82, 2.24) is 5.32 Å². The van der Waals surface area contributed by atoms with Crippen LogP contribution >= 0.6 is 0 Å². The van der Waals surface area contributed by atoms with Crippen LogP contribution in [0, 0.1) is 18.3 Å². The molecule has 184 valence electrons. The van der Waals surface area contributed by atoms with E-state index in [9.17, 15) is 14.4 Å². The molecule has 0 spiro atoms. The van der Waals surface area contributed by atoms with Gasteiger partial charge in [-0.15, -0.1) is 0 Å². The van der Waals surface area contributed by atoms with Crippen LogP contribution in [-0.4, -0.2) is 17.9 Å². The smallest absolute Gasteiger partial charge is 0.316 e. The Hall–Kier alpha value is -3.15. The van der Waals surface area contributed by atoms with Crippen LogP contribution in [0.3, 0.4) is 0 Å². The van der Waals surface area contributed by atoms with Gasteiger partial charge in [-0.3, -0.25) is 14.4 Å².